The van der Waals surface area contributed by atoms with Crippen LogP contribution in [-0.4, -0.2) is 24.8 Å². The van der Waals surface area contributed by atoms with Crippen LogP contribution in [0.5, 0.6) is 0 Å². The highest BCUT2D eigenvalue weighted by Gasteiger charge is 2.07. The maximum absolute atomic E-state index is 10.3. The van der Waals surface area contributed by atoms with Gasteiger partial charge in [0, 0.05) is 7.11 Å². The lowest BCUT2D eigenvalue weighted by Crippen LogP contribution is -2.05. The van der Waals surface area contributed by atoms with Gasteiger partial charge in [0.1, 0.15) is 11.6 Å². The molecule has 0 saturated carbocycles. The van der Waals surface area contributed by atoms with Crippen molar-refractivity contribution in [1.82, 2.24) is 0 Å². The van der Waals surface area contributed by atoms with Crippen LogP contribution < -0.4 is 0 Å². The van der Waals surface area contributed by atoms with Gasteiger partial charge in [0.2, 0.25) is 0 Å². The van der Waals surface area contributed by atoms with E-state index in [2.05, 4.69) is 0 Å². The Kier molecular flexibility index (Phi) is 4.73. The maximum atomic E-state index is 10.3. The van der Waals surface area contributed by atoms with Crippen LogP contribution in [0.15, 0.2) is 11.6 Å². The number of carbonyl (C=O) groups is 1. The summed E-state index contributed by atoms with van der Waals surface area (Å²) < 4.78 is 4.78. The van der Waals surface area contributed by atoms with Crippen LogP contribution in [0.2, 0.25) is 0 Å². The summed E-state index contributed by atoms with van der Waals surface area (Å²) in [5, 5.41) is 16.8. The molecule has 0 bridgehead atoms. The van der Waals surface area contributed by atoms with Crippen LogP contribution in [0, 0.1) is 17.2 Å². The van der Waals surface area contributed by atoms with Crippen molar-refractivity contribution in [3.63, 3.8) is 0 Å². The van der Waals surface area contributed by atoms with Crippen molar-refractivity contribution < 1.29 is 14.6 Å². The molecule has 0 fully saturated rings. The number of hydrogen-bond acceptors (Lipinski definition) is 3. The number of carboxylic acid groups (broad SMARTS) is 1. The lowest BCUT2D eigenvalue weighted by Gasteiger charge is -2.02. The first-order chi connectivity index (χ1) is 5.61. The van der Waals surface area contributed by atoms with Crippen molar-refractivity contribution in [2.45, 2.75) is 6.92 Å². The summed E-state index contributed by atoms with van der Waals surface area (Å²) >= 11 is 0. The van der Waals surface area contributed by atoms with E-state index in [9.17, 15) is 4.79 Å². The Morgan fingerprint density at radius 3 is 2.75 bits per heavy atom. The summed E-state index contributed by atoms with van der Waals surface area (Å²) in [4.78, 5) is 10.3. The first-order valence-electron chi connectivity index (χ1n) is 3.46. The second-order valence-corrected chi connectivity index (χ2v) is 2.43. The van der Waals surface area contributed by atoms with Crippen molar-refractivity contribution in [1.29, 1.82) is 5.26 Å². The minimum atomic E-state index is -1.19. The monoisotopic (exact) mass is 169 g/mol. The lowest BCUT2D eigenvalue weighted by molar-refractivity contribution is -0.132. The third-order valence-corrected chi connectivity index (χ3v) is 1.23. The number of ether oxygens (including phenoxy) is 1. The van der Waals surface area contributed by atoms with E-state index in [0.29, 0.717) is 6.61 Å². The molecule has 12 heavy (non-hydrogen) atoms. The zero-order chi connectivity index (χ0) is 9.56. The number of hydrogen-bond donors (Lipinski definition) is 1. The van der Waals surface area contributed by atoms with Crippen molar-refractivity contribution >= 4 is 5.97 Å². The van der Waals surface area contributed by atoms with Gasteiger partial charge in [0.25, 0.3) is 0 Å². The zero-order valence-corrected chi connectivity index (χ0v) is 7.07. The van der Waals surface area contributed by atoms with E-state index >= 15 is 0 Å². The molecule has 0 heterocycles. The Balaban J connectivity index is 4.30. The molecule has 4 nitrogen and oxygen atoms in total. The van der Waals surface area contributed by atoms with Crippen LogP contribution in [-0.2, 0) is 9.53 Å². The van der Waals surface area contributed by atoms with Crippen molar-refractivity contribution in [2.75, 3.05) is 13.7 Å². The van der Waals surface area contributed by atoms with E-state index < -0.39 is 5.97 Å². The largest absolute Gasteiger partial charge is 0.477 e. The molecule has 66 valence electrons. The molecule has 0 aliphatic heterocycles. The first kappa shape index (κ1) is 10.7. The van der Waals surface area contributed by atoms with Crippen molar-refractivity contribution in [2.24, 2.45) is 5.92 Å². The van der Waals surface area contributed by atoms with Gasteiger partial charge >= 0.3 is 5.97 Å². The minimum Gasteiger partial charge on any atom is -0.477 e. The van der Waals surface area contributed by atoms with Gasteiger partial charge < -0.3 is 9.84 Å². The van der Waals surface area contributed by atoms with Gasteiger partial charge in [0.15, 0.2) is 0 Å². The van der Waals surface area contributed by atoms with Crippen LogP contribution in [0.4, 0.5) is 0 Å². The van der Waals surface area contributed by atoms with Crippen molar-refractivity contribution in [3.05, 3.63) is 11.6 Å². The van der Waals surface area contributed by atoms with Gasteiger partial charge in [0.05, 0.1) is 6.61 Å². The molecule has 0 radical (unpaired) electrons. The Labute approximate surface area is 71.1 Å². The Hall–Kier alpha value is -1.34. The summed E-state index contributed by atoms with van der Waals surface area (Å²) in [6, 6.07) is 1.60. The van der Waals surface area contributed by atoms with E-state index in [4.69, 9.17) is 15.1 Å². The number of carboxylic acids is 1. The number of methoxy groups -OCH3 is 1. The highest BCUT2D eigenvalue weighted by Crippen LogP contribution is 2.02. The van der Waals surface area contributed by atoms with Gasteiger partial charge in [-0.1, -0.05) is 13.0 Å². The third-order valence-electron chi connectivity index (χ3n) is 1.23. The highest BCUT2D eigenvalue weighted by atomic mass is 16.5. The quantitative estimate of drug-likeness (QED) is 0.499. The van der Waals surface area contributed by atoms with E-state index in [1.807, 2.05) is 0 Å². The van der Waals surface area contributed by atoms with Gasteiger partial charge in [-0.05, 0) is 5.92 Å². The summed E-state index contributed by atoms with van der Waals surface area (Å²) in [6.45, 7) is 2.20. The molecule has 0 aliphatic carbocycles. The normalized spacial score (nSPS) is 13.6. The predicted molar refractivity (Wildman–Crippen MR) is 42.4 cm³/mol. The first-order valence-corrected chi connectivity index (χ1v) is 3.46. The second-order valence-electron chi connectivity index (χ2n) is 2.43. The molecular weight excluding hydrogens is 158 g/mol. The van der Waals surface area contributed by atoms with E-state index in [0.717, 1.165) is 0 Å². The third kappa shape index (κ3) is 3.74. The SMILES string of the molecule is COCC(C)/C=C(/C#N)C(=O)O. The van der Waals surface area contributed by atoms with Crippen LogP contribution in [0.25, 0.3) is 0 Å². The molecule has 1 N–H and O–H groups in total. The van der Waals surface area contributed by atoms with Crippen molar-refractivity contribution in [3.8, 4) is 6.07 Å². The number of nitrogens with zero attached hydrogens (tertiary/aromatic N) is 1. The summed E-state index contributed by atoms with van der Waals surface area (Å²) in [6.07, 6.45) is 1.38. The molecule has 0 aliphatic rings. The average Bonchev–Trinajstić information content (AvgIpc) is 2.00. The number of nitriles is 1. The molecule has 4 heteroatoms. The van der Waals surface area contributed by atoms with Gasteiger partial charge in [-0.2, -0.15) is 5.26 Å². The van der Waals surface area contributed by atoms with Gasteiger partial charge in [-0.3, -0.25) is 0 Å². The van der Waals surface area contributed by atoms with Gasteiger partial charge in [-0.15, -0.1) is 0 Å². The molecule has 0 amide bonds. The fourth-order valence-corrected chi connectivity index (χ4v) is 0.752. The topological polar surface area (TPSA) is 70.3 Å². The van der Waals surface area contributed by atoms with Crippen LogP contribution >= 0.6 is 0 Å². The van der Waals surface area contributed by atoms with Crippen LogP contribution in [0.1, 0.15) is 6.92 Å². The summed E-state index contributed by atoms with van der Waals surface area (Å²) in [7, 11) is 1.52. The Bertz CT molecular complexity index is 227. The molecule has 0 aromatic carbocycles. The number of aliphatic carboxylic acids is 1. The lowest BCUT2D eigenvalue weighted by atomic mass is 10.1. The molecular formula is C8H11NO3. The van der Waals surface area contributed by atoms with E-state index in [-0.39, 0.29) is 11.5 Å². The van der Waals surface area contributed by atoms with E-state index in [1.54, 1.807) is 13.0 Å². The molecule has 0 spiro atoms. The maximum Gasteiger partial charge on any atom is 0.346 e. The molecule has 0 aromatic rings. The zero-order valence-electron chi connectivity index (χ0n) is 7.07. The van der Waals surface area contributed by atoms with Crippen LogP contribution in [0.3, 0.4) is 0 Å². The molecule has 0 saturated heterocycles. The van der Waals surface area contributed by atoms with Gasteiger partial charge in [-0.25, -0.2) is 4.79 Å². The minimum absolute atomic E-state index is 0.0549. The highest BCUT2D eigenvalue weighted by molar-refractivity contribution is 5.90. The molecule has 0 aromatic heterocycles. The standard InChI is InChI=1S/C8H11NO3/c1-6(5-12-2)3-7(4-9)8(10)11/h3,6H,5H2,1-2H3,(H,10,11)/b7-3-. The molecule has 1 unspecified atom stereocenters. The fourth-order valence-electron chi connectivity index (χ4n) is 0.752. The second kappa shape index (κ2) is 5.33. The average molecular weight is 169 g/mol. The molecule has 1 atom stereocenters. The summed E-state index contributed by atoms with van der Waals surface area (Å²) in [5.41, 5.74) is -0.237. The fraction of sp³-hybridized carbons (Fsp3) is 0.500. The Morgan fingerprint density at radius 2 is 2.42 bits per heavy atom. The Morgan fingerprint density at radius 1 is 1.83 bits per heavy atom. The predicted octanol–water partition coefficient (Wildman–Crippen LogP) is 0.803. The summed E-state index contributed by atoms with van der Waals surface area (Å²) in [5.74, 6) is -1.25. The molecule has 0 rings (SSSR count). The number of rotatable bonds is 4. The smallest absolute Gasteiger partial charge is 0.346 e. The van der Waals surface area contributed by atoms with E-state index in [1.165, 1.54) is 13.2 Å².